The highest BCUT2D eigenvalue weighted by Gasteiger charge is 2.28. The maximum absolute atomic E-state index is 13.1. The first kappa shape index (κ1) is 25.6. The van der Waals surface area contributed by atoms with Gasteiger partial charge in [0.1, 0.15) is 6.04 Å². The first-order valence-electron chi connectivity index (χ1n) is 11.7. The Labute approximate surface area is 192 Å². The Morgan fingerprint density at radius 1 is 0.812 bits per heavy atom. The minimum Gasteiger partial charge on any atom is -0.354 e. The summed E-state index contributed by atoms with van der Waals surface area (Å²) in [6.07, 6.45) is 4.93. The van der Waals surface area contributed by atoms with Crippen molar-refractivity contribution in [2.45, 2.75) is 51.0 Å². The van der Waals surface area contributed by atoms with Gasteiger partial charge < -0.3 is 21.7 Å². The van der Waals surface area contributed by atoms with Gasteiger partial charge in [-0.3, -0.25) is 9.59 Å². The van der Waals surface area contributed by atoms with E-state index in [0.717, 1.165) is 31.2 Å². The van der Waals surface area contributed by atoms with Crippen molar-refractivity contribution >= 4 is 11.8 Å². The molecule has 1 atom stereocenters. The molecule has 5 N–H and O–H groups in total. The summed E-state index contributed by atoms with van der Waals surface area (Å²) >= 11 is 0. The van der Waals surface area contributed by atoms with Gasteiger partial charge >= 0.3 is 0 Å². The number of rotatable bonds is 15. The predicted molar refractivity (Wildman–Crippen MR) is 130 cm³/mol. The van der Waals surface area contributed by atoms with Gasteiger partial charge in [0.2, 0.25) is 11.8 Å². The molecule has 6 heteroatoms. The summed E-state index contributed by atoms with van der Waals surface area (Å²) < 4.78 is 0. The molecule has 174 valence electrons. The largest absolute Gasteiger partial charge is 0.354 e. The number of unbranched alkanes of at least 4 members (excludes halogenated alkanes) is 1. The average molecular weight is 439 g/mol. The highest BCUT2D eigenvalue weighted by Crippen LogP contribution is 2.13. The molecule has 0 saturated heterocycles. The standard InChI is InChI=1S/C26H38N4O2/c27-18-8-7-15-24(26(32)29-20-9-14-22-10-3-1-4-11-22)30(25(31)16-19-28)21-17-23-12-5-2-6-13-23/h1-6,10-13,24H,7-9,14-21,27-28H2,(H,29,32). The van der Waals surface area contributed by atoms with E-state index in [2.05, 4.69) is 17.4 Å². The van der Waals surface area contributed by atoms with Crippen LogP contribution in [0.5, 0.6) is 0 Å². The minimum atomic E-state index is -0.499. The molecule has 0 aliphatic rings. The lowest BCUT2D eigenvalue weighted by molar-refractivity contribution is -0.140. The summed E-state index contributed by atoms with van der Waals surface area (Å²) in [6.45, 7) is 1.92. The van der Waals surface area contributed by atoms with Gasteiger partial charge in [-0.05, 0) is 56.2 Å². The predicted octanol–water partition coefficient (Wildman–Crippen LogP) is 2.65. The number of benzene rings is 2. The third-order valence-electron chi connectivity index (χ3n) is 5.56. The van der Waals surface area contributed by atoms with Crippen LogP contribution in [0.3, 0.4) is 0 Å². The van der Waals surface area contributed by atoms with Crippen LogP contribution in [0.25, 0.3) is 0 Å². The lowest BCUT2D eigenvalue weighted by atomic mass is 10.0. The summed E-state index contributed by atoms with van der Waals surface area (Å²) in [5.74, 6) is -0.158. The van der Waals surface area contributed by atoms with Crippen molar-refractivity contribution in [1.29, 1.82) is 0 Å². The fourth-order valence-electron chi connectivity index (χ4n) is 3.79. The van der Waals surface area contributed by atoms with Gasteiger partial charge in [0.05, 0.1) is 0 Å². The second kappa shape index (κ2) is 15.2. The van der Waals surface area contributed by atoms with Crippen LogP contribution < -0.4 is 16.8 Å². The number of aryl methyl sites for hydroxylation is 1. The van der Waals surface area contributed by atoms with Crippen molar-refractivity contribution < 1.29 is 9.59 Å². The van der Waals surface area contributed by atoms with Crippen LogP contribution in [-0.4, -0.2) is 48.9 Å². The van der Waals surface area contributed by atoms with Gasteiger partial charge in [-0.15, -0.1) is 0 Å². The van der Waals surface area contributed by atoms with E-state index in [-0.39, 0.29) is 24.8 Å². The maximum Gasteiger partial charge on any atom is 0.242 e. The van der Waals surface area contributed by atoms with Gasteiger partial charge in [-0.1, -0.05) is 60.7 Å². The number of nitrogens with zero attached hydrogens (tertiary/aromatic N) is 1. The third-order valence-corrected chi connectivity index (χ3v) is 5.56. The smallest absolute Gasteiger partial charge is 0.242 e. The van der Waals surface area contributed by atoms with Crippen molar-refractivity contribution in [3.8, 4) is 0 Å². The molecule has 0 aromatic heterocycles. The lowest BCUT2D eigenvalue weighted by Gasteiger charge is -2.31. The molecule has 0 aliphatic heterocycles. The molecule has 0 saturated carbocycles. The van der Waals surface area contributed by atoms with Gasteiger partial charge in [0.25, 0.3) is 0 Å². The van der Waals surface area contributed by atoms with Crippen LogP contribution in [0, 0.1) is 0 Å². The molecule has 2 aromatic carbocycles. The van der Waals surface area contributed by atoms with E-state index < -0.39 is 6.04 Å². The molecule has 2 aromatic rings. The summed E-state index contributed by atoms with van der Waals surface area (Å²) in [7, 11) is 0. The Kier molecular flexibility index (Phi) is 12.1. The molecule has 1 unspecified atom stereocenters. The number of amides is 2. The highest BCUT2D eigenvalue weighted by molar-refractivity contribution is 5.87. The molecular formula is C26H38N4O2. The Morgan fingerprint density at radius 3 is 2.03 bits per heavy atom. The normalized spacial score (nSPS) is 11.7. The first-order chi connectivity index (χ1) is 15.7. The highest BCUT2D eigenvalue weighted by atomic mass is 16.2. The third kappa shape index (κ3) is 9.20. The lowest BCUT2D eigenvalue weighted by Crippen LogP contribution is -2.51. The molecule has 2 rings (SSSR count). The van der Waals surface area contributed by atoms with Crippen molar-refractivity contribution in [3.63, 3.8) is 0 Å². The van der Waals surface area contributed by atoms with E-state index in [4.69, 9.17) is 11.5 Å². The number of nitrogens with one attached hydrogen (secondary N) is 1. The number of nitrogens with two attached hydrogens (primary N) is 2. The van der Waals surface area contributed by atoms with Crippen LogP contribution in [0.4, 0.5) is 0 Å². The molecule has 2 amide bonds. The Bertz CT molecular complexity index is 783. The fourth-order valence-corrected chi connectivity index (χ4v) is 3.79. The van der Waals surface area contributed by atoms with Crippen LogP contribution in [-0.2, 0) is 22.4 Å². The summed E-state index contributed by atoms with van der Waals surface area (Å²) in [5, 5.41) is 3.06. The number of hydrogen-bond donors (Lipinski definition) is 3. The maximum atomic E-state index is 13.1. The summed E-state index contributed by atoms with van der Waals surface area (Å²) in [5.41, 5.74) is 13.7. The zero-order valence-electron chi connectivity index (χ0n) is 19.0. The van der Waals surface area contributed by atoms with E-state index in [0.29, 0.717) is 32.5 Å². The Hall–Kier alpha value is -2.70. The van der Waals surface area contributed by atoms with Gasteiger partial charge in [0.15, 0.2) is 0 Å². The number of carbonyl (C=O) groups is 2. The SMILES string of the molecule is NCCCCC(C(=O)NCCCc1ccccc1)N(CCc1ccccc1)C(=O)CCN. The molecule has 0 aliphatic carbocycles. The van der Waals surface area contributed by atoms with Gasteiger partial charge in [-0.25, -0.2) is 0 Å². The molecule has 32 heavy (non-hydrogen) atoms. The molecule has 0 radical (unpaired) electrons. The average Bonchev–Trinajstić information content (AvgIpc) is 2.82. The van der Waals surface area contributed by atoms with Crippen LogP contribution >= 0.6 is 0 Å². The fraction of sp³-hybridized carbons (Fsp3) is 0.462. The summed E-state index contributed by atoms with van der Waals surface area (Å²) in [4.78, 5) is 27.8. The quantitative estimate of drug-likeness (QED) is 0.372. The molecule has 0 bridgehead atoms. The zero-order chi connectivity index (χ0) is 23.0. The topological polar surface area (TPSA) is 101 Å². The molecule has 0 heterocycles. The van der Waals surface area contributed by atoms with E-state index in [1.54, 1.807) is 4.90 Å². The Morgan fingerprint density at radius 2 is 1.44 bits per heavy atom. The van der Waals surface area contributed by atoms with Gasteiger partial charge in [-0.2, -0.15) is 0 Å². The molecule has 6 nitrogen and oxygen atoms in total. The van der Waals surface area contributed by atoms with Crippen molar-refractivity contribution in [2.75, 3.05) is 26.2 Å². The molecule has 0 fully saturated rings. The molecule has 0 spiro atoms. The molecular weight excluding hydrogens is 400 g/mol. The minimum absolute atomic E-state index is 0.0689. The van der Waals surface area contributed by atoms with Crippen LogP contribution in [0.15, 0.2) is 60.7 Å². The van der Waals surface area contributed by atoms with Crippen LogP contribution in [0.1, 0.15) is 43.2 Å². The Balaban J connectivity index is 2.01. The van der Waals surface area contributed by atoms with E-state index in [1.807, 2.05) is 48.5 Å². The van der Waals surface area contributed by atoms with Gasteiger partial charge in [0, 0.05) is 26.1 Å². The van der Waals surface area contributed by atoms with E-state index in [9.17, 15) is 9.59 Å². The monoisotopic (exact) mass is 438 g/mol. The van der Waals surface area contributed by atoms with E-state index in [1.165, 1.54) is 5.56 Å². The van der Waals surface area contributed by atoms with Crippen LogP contribution in [0.2, 0.25) is 0 Å². The second-order valence-electron chi connectivity index (χ2n) is 8.04. The van der Waals surface area contributed by atoms with Crippen molar-refractivity contribution in [2.24, 2.45) is 11.5 Å². The number of carbonyl (C=O) groups excluding carboxylic acids is 2. The summed E-state index contributed by atoms with van der Waals surface area (Å²) in [6, 6.07) is 19.8. The van der Waals surface area contributed by atoms with Crippen molar-refractivity contribution in [1.82, 2.24) is 10.2 Å². The zero-order valence-corrected chi connectivity index (χ0v) is 19.0. The first-order valence-corrected chi connectivity index (χ1v) is 11.7. The van der Waals surface area contributed by atoms with E-state index >= 15 is 0 Å². The van der Waals surface area contributed by atoms with Crippen molar-refractivity contribution in [3.05, 3.63) is 71.8 Å². The number of hydrogen-bond acceptors (Lipinski definition) is 4. The second-order valence-corrected chi connectivity index (χ2v) is 8.04.